The lowest BCUT2D eigenvalue weighted by Crippen LogP contribution is -2.21. The summed E-state index contributed by atoms with van der Waals surface area (Å²) in [4.78, 5) is 12.5. The third-order valence-corrected chi connectivity index (χ3v) is 5.80. The monoisotopic (exact) mass is 470 g/mol. The van der Waals surface area contributed by atoms with Gasteiger partial charge >= 0.3 is 5.97 Å². The van der Waals surface area contributed by atoms with E-state index in [1.54, 1.807) is 31.0 Å². The molecule has 1 fully saturated rings. The van der Waals surface area contributed by atoms with Crippen LogP contribution in [0.4, 0.5) is 0 Å². The average Bonchev–Trinajstić information content (AvgIpc) is 3.08. The molecule has 2 rings (SSSR count). The van der Waals surface area contributed by atoms with E-state index in [9.17, 15) is 4.79 Å². The summed E-state index contributed by atoms with van der Waals surface area (Å²) in [5.41, 5.74) is 1.12. The molecule has 0 aliphatic carbocycles. The number of methoxy groups -OCH3 is 3. The molecule has 0 radical (unpaired) electrons. The molecule has 1 aromatic carbocycles. The Labute approximate surface area is 194 Å². The molecule has 8 nitrogen and oxygen atoms in total. The molecule has 0 aromatic heterocycles. The van der Waals surface area contributed by atoms with E-state index in [0.29, 0.717) is 22.8 Å². The quantitative estimate of drug-likeness (QED) is 0.172. The predicted octanol–water partition coefficient (Wildman–Crippen LogP) is 4.16. The SMILES string of the molecule is C=C[C@H]1OC(C)(C)O[C@H]1CCCSCc1cc(OCOC)cc(OCOC)c1C(=O)OC. The van der Waals surface area contributed by atoms with E-state index in [4.69, 9.17) is 33.2 Å². The van der Waals surface area contributed by atoms with Gasteiger partial charge in [-0.3, -0.25) is 0 Å². The first-order valence-corrected chi connectivity index (χ1v) is 11.5. The zero-order valence-electron chi connectivity index (χ0n) is 19.5. The number of ether oxygens (including phenoxy) is 7. The third-order valence-electron chi connectivity index (χ3n) is 4.71. The lowest BCUT2D eigenvalue weighted by atomic mass is 10.1. The van der Waals surface area contributed by atoms with E-state index >= 15 is 0 Å². The molecule has 0 amide bonds. The highest BCUT2D eigenvalue weighted by atomic mass is 32.2. The first-order valence-electron chi connectivity index (χ1n) is 10.4. The molecule has 32 heavy (non-hydrogen) atoms. The minimum Gasteiger partial charge on any atom is -0.467 e. The number of esters is 1. The molecule has 1 aliphatic heterocycles. The Morgan fingerprint density at radius 1 is 1.16 bits per heavy atom. The van der Waals surface area contributed by atoms with Crippen LogP contribution in [0.5, 0.6) is 11.5 Å². The molecule has 180 valence electrons. The molecule has 9 heteroatoms. The number of thioether (sulfide) groups is 1. The van der Waals surface area contributed by atoms with Crippen molar-refractivity contribution in [2.75, 3.05) is 40.7 Å². The molecule has 0 unspecified atom stereocenters. The second-order valence-electron chi connectivity index (χ2n) is 7.62. The van der Waals surface area contributed by atoms with Gasteiger partial charge in [0, 0.05) is 26.0 Å². The van der Waals surface area contributed by atoms with E-state index in [1.807, 2.05) is 19.9 Å². The predicted molar refractivity (Wildman–Crippen MR) is 122 cm³/mol. The van der Waals surface area contributed by atoms with Crippen LogP contribution in [0.2, 0.25) is 0 Å². The zero-order chi connectivity index (χ0) is 23.6. The fraction of sp³-hybridized carbons (Fsp3) is 0.609. The van der Waals surface area contributed by atoms with Crippen molar-refractivity contribution in [2.24, 2.45) is 0 Å². The van der Waals surface area contributed by atoms with Crippen LogP contribution in [0.15, 0.2) is 24.8 Å². The number of benzene rings is 1. The van der Waals surface area contributed by atoms with Crippen LogP contribution in [0.1, 0.15) is 42.6 Å². The van der Waals surface area contributed by atoms with Crippen LogP contribution in [0.3, 0.4) is 0 Å². The van der Waals surface area contributed by atoms with Crippen molar-refractivity contribution < 1.29 is 38.0 Å². The Hall–Kier alpha value is -1.78. The molecule has 1 aliphatic rings. The lowest BCUT2D eigenvalue weighted by Gasteiger charge is -2.17. The Kier molecular flexibility index (Phi) is 10.8. The van der Waals surface area contributed by atoms with Gasteiger partial charge in [-0.15, -0.1) is 6.58 Å². The first kappa shape index (κ1) is 26.5. The fourth-order valence-corrected chi connectivity index (χ4v) is 4.36. The van der Waals surface area contributed by atoms with E-state index in [2.05, 4.69) is 6.58 Å². The van der Waals surface area contributed by atoms with Crippen LogP contribution >= 0.6 is 11.8 Å². The van der Waals surface area contributed by atoms with Gasteiger partial charge in [0.25, 0.3) is 0 Å². The molecule has 0 bridgehead atoms. The van der Waals surface area contributed by atoms with Crippen molar-refractivity contribution in [1.29, 1.82) is 0 Å². The molecule has 1 heterocycles. The van der Waals surface area contributed by atoms with Crippen LogP contribution in [-0.2, 0) is 29.4 Å². The van der Waals surface area contributed by atoms with Gasteiger partial charge in [0.15, 0.2) is 19.4 Å². The van der Waals surface area contributed by atoms with Crippen molar-refractivity contribution in [3.63, 3.8) is 0 Å². The average molecular weight is 471 g/mol. The maximum absolute atomic E-state index is 12.5. The van der Waals surface area contributed by atoms with Gasteiger partial charge in [0.2, 0.25) is 0 Å². The van der Waals surface area contributed by atoms with Crippen molar-refractivity contribution in [3.8, 4) is 11.5 Å². The maximum atomic E-state index is 12.5. The van der Waals surface area contributed by atoms with Gasteiger partial charge in [-0.25, -0.2) is 4.79 Å². The van der Waals surface area contributed by atoms with Crippen molar-refractivity contribution in [2.45, 2.75) is 50.4 Å². The summed E-state index contributed by atoms with van der Waals surface area (Å²) in [6.07, 6.45) is 3.47. The Morgan fingerprint density at radius 2 is 1.88 bits per heavy atom. The molecule has 1 saturated heterocycles. The molecule has 0 spiro atoms. The number of hydrogen-bond acceptors (Lipinski definition) is 9. The molecular formula is C23H34O8S. The summed E-state index contributed by atoms with van der Waals surface area (Å²) in [6.45, 7) is 7.74. The van der Waals surface area contributed by atoms with Gasteiger partial charge in [-0.1, -0.05) is 6.08 Å². The number of carbonyl (C=O) groups excluding carboxylic acids is 1. The summed E-state index contributed by atoms with van der Waals surface area (Å²) in [5.74, 6) is 1.27. The highest BCUT2D eigenvalue weighted by Gasteiger charge is 2.39. The summed E-state index contributed by atoms with van der Waals surface area (Å²) < 4.78 is 38.0. The second-order valence-corrected chi connectivity index (χ2v) is 8.72. The van der Waals surface area contributed by atoms with Crippen molar-refractivity contribution >= 4 is 17.7 Å². The fourth-order valence-electron chi connectivity index (χ4n) is 3.39. The Bertz CT molecular complexity index is 752. The summed E-state index contributed by atoms with van der Waals surface area (Å²) >= 11 is 1.70. The molecule has 2 atom stereocenters. The van der Waals surface area contributed by atoms with Crippen molar-refractivity contribution in [1.82, 2.24) is 0 Å². The van der Waals surface area contributed by atoms with Gasteiger partial charge in [0.1, 0.15) is 23.2 Å². The van der Waals surface area contributed by atoms with E-state index in [0.717, 1.165) is 24.2 Å². The standard InChI is InChI=1S/C23H34O8S/c1-7-18-19(31-23(2,3)30-18)9-8-10-32-13-16-11-17(28-14-25-4)12-20(29-15-26-5)21(16)22(24)27-6/h7,11-12,18-19H,1,8-10,13-15H2,2-6H3/t18-,19+/m1/s1. The molecular weight excluding hydrogens is 436 g/mol. The van der Waals surface area contributed by atoms with E-state index < -0.39 is 11.8 Å². The topological polar surface area (TPSA) is 81.7 Å². The third kappa shape index (κ3) is 7.67. The lowest BCUT2D eigenvalue weighted by molar-refractivity contribution is -0.143. The normalized spacial score (nSPS) is 19.5. The van der Waals surface area contributed by atoms with Crippen molar-refractivity contribution in [3.05, 3.63) is 35.9 Å². The van der Waals surface area contributed by atoms with Gasteiger partial charge in [-0.2, -0.15) is 11.8 Å². The molecule has 1 aromatic rings. The van der Waals surface area contributed by atoms with Gasteiger partial charge < -0.3 is 33.2 Å². The van der Waals surface area contributed by atoms with Gasteiger partial charge in [-0.05, 0) is 44.1 Å². The van der Waals surface area contributed by atoms with E-state index in [1.165, 1.54) is 14.2 Å². The largest absolute Gasteiger partial charge is 0.467 e. The molecule has 0 saturated carbocycles. The highest BCUT2D eigenvalue weighted by Crippen LogP contribution is 2.34. The van der Waals surface area contributed by atoms with Crippen LogP contribution < -0.4 is 9.47 Å². The summed E-state index contributed by atoms with van der Waals surface area (Å²) in [6, 6.07) is 3.44. The Balaban J connectivity index is 2.04. The number of hydrogen-bond donors (Lipinski definition) is 0. The highest BCUT2D eigenvalue weighted by molar-refractivity contribution is 7.98. The smallest absolute Gasteiger partial charge is 0.341 e. The summed E-state index contributed by atoms with van der Waals surface area (Å²) in [5, 5.41) is 0. The van der Waals surface area contributed by atoms with Crippen LogP contribution in [0, 0.1) is 0 Å². The number of rotatable bonds is 14. The number of carbonyl (C=O) groups is 1. The minimum absolute atomic E-state index is 0.00537. The maximum Gasteiger partial charge on any atom is 0.341 e. The molecule has 0 N–H and O–H groups in total. The van der Waals surface area contributed by atoms with E-state index in [-0.39, 0.29) is 25.8 Å². The van der Waals surface area contributed by atoms with Crippen LogP contribution in [-0.4, -0.2) is 64.6 Å². The second kappa shape index (κ2) is 13.1. The van der Waals surface area contributed by atoms with Gasteiger partial charge in [0.05, 0.1) is 13.2 Å². The first-order chi connectivity index (χ1) is 15.3. The zero-order valence-corrected chi connectivity index (χ0v) is 20.3. The van der Waals surface area contributed by atoms with Crippen LogP contribution in [0.25, 0.3) is 0 Å². The summed E-state index contributed by atoms with van der Waals surface area (Å²) in [7, 11) is 4.39. The minimum atomic E-state index is -0.590. The Morgan fingerprint density at radius 3 is 2.53 bits per heavy atom.